The van der Waals surface area contributed by atoms with Crippen LogP contribution in [0.2, 0.25) is 0 Å². The van der Waals surface area contributed by atoms with Gasteiger partial charge in [-0.2, -0.15) is 0 Å². The maximum absolute atomic E-state index is 13.0. The fourth-order valence-corrected chi connectivity index (χ4v) is 3.35. The molecule has 1 aliphatic heterocycles. The van der Waals surface area contributed by atoms with Crippen molar-refractivity contribution in [2.24, 2.45) is 0 Å². The second-order valence-corrected chi connectivity index (χ2v) is 6.78. The van der Waals surface area contributed by atoms with Gasteiger partial charge in [0.25, 0.3) is 11.8 Å². The summed E-state index contributed by atoms with van der Waals surface area (Å²) in [7, 11) is 0. The van der Waals surface area contributed by atoms with E-state index in [0.29, 0.717) is 25.2 Å². The molecule has 1 saturated heterocycles. The van der Waals surface area contributed by atoms with Crippen molar-refractivity contribution in [1.82, 2.24) is 4.90 Å². The minimum Gasteiger partial charge on any atom is -0.327 e. The predicted octanol–water partition coefficient (Wildman–Crippen LogP) is 1.37. The van der Waals surface area contributed by atoms with Gasteiger partial charge in [0.15, 0.2) is 6.54 Å². The first-order chi connectivity index (χ1) is 13.1. The van der Waals surface area contributed by atoms with Crippen LogP contribution in [0.5, 0.6) is 0 Å². The van der Waals surface area contributed by atoms with Crippen molar-refractivity contribution >= 4 is 17.5 Å². The normalized spacial score (nSPS) is 14.8. The van der Waals surface area contributed by atoms with Crippen LogP contribution in [-0.4, -0.2) is 49.4 Å². The average Bonchev–Trinajstić information content (AvgIpc) is 2.69. The lowest BCUT2D eigenvalue weighted by Gasteiger charge is -2.32. The number of aryl methyl sites for hydroxylation is 1. The zero-order valence-corrected chi connectivity index (χ0v) is 15.5. The molecular weight excluding hydrogens is 345 g/mol. The van der Waals surface area contributed by atoms with Crippen molar-refractivity contribution in [2.75, 3.05) is 38.0 Å². The summed E-state index contributed by atoms with van der Waals surface area (Å²) >= 11 is 0. The summed E-state index contributed by atoms with van der Waals surface area (Å²) < 4.78 is 13.0. The van der Waals surface area contributed by atoms with Crippen LogP contribution in [0.15, 0.2) is 48.5 Å². The Hall–Kier alpha value is -2.73. The SMILES string of the molecule is CCc1ccccc1NC(=O)C[NH+]1CCN(C(=O)c2ccc(F)cc2)CC1. The molecule has 0 aliphatic carbocycles. The fourth-order valence-electron chi connectivity index (χ4n) is 3.35. The van der Waals surface area contributed by atoms with Crippen molar-refractivity contribution in [3.05, 3.63) is 65.5 Å². The van der Waals surface area contributed by atoms with Gasteiger partial charge in [0.05, 0.1) is 26.2 Å². The highest BCUT2D eigenvalue weighted by molar-refractivity contribution is 5.94. The number of hydrogen-bond acceptors (Lipinski definition) is 2. The van der Waals surface area contributed by atoms with E-state index < -0.39 is 0 Å². The summed E-state index contributed by atoms with van der Waals surface area (Å²) in [5.74, 6) is -0.448. The quantitative estimate of drug-likeness (QED) is 0.835. The number of anilines is 1. The zero-order chi connectivity index (χ0) is 19.2. The fraction of sp³-hybridized carbons (Fsp3) is 0.333. The summed E-state index contributed by atoms with van der Waals surface area (Å²) in [4.78, 5) is 27.8. The number of nitrogens with zero attached hydrogens (tertiary/aromatic N) is 1. The molecule has 5 nitrogen and oxygen atoms in total. The third-order valence-corrected chi connectivity index (χ3v) is 4.93. The largest absolute Gasteiger partial charge is 0.327 e. The monoisotopic (exact) mass is 370 g/mol. The maximum Gasteiger partial charge on any atom is 0.279 e. The lowest BCUT2D eigenvalue weighted by Crippen LogP contribution is -3.15. The van der Waals surface area contributed by atoms with Crippen molar-refractivity contribution in [2.45, 2.75) is 13.3 Å². The Bertz CT molecular complexity index is 799. The maximum atomic E-state index is 13.0. The van der Waals surface area contributed by atoms with Crippen LogP contribution in [0.1, 0.15) is 22.8 Å². The molecule has 0 unspecified atom stereocenters. The molecule has 0 atom stereocenters. The van der Waals surface area contributed by atoms with Gasteiger partial charge in [-0.15, -0.1) is 0 Å². The number of hydrogen-bond donors (Lipinski definition) is 2. The van der Waals surface area contributed by atoms with Crippen molar-refractivity contribution in [3.63, 3.8) is 0 Å². The Labute approximate surface area is 158 Å². The number of nitrogens with one attached hydrogen (secondary N) is 2. The molecule has 0 bridgehead atoms. The summed E-state index contributed by atoms with van der Waals surface area (Å²) in [6, 6.07) is 13.4. The van der Waals surface area contributed by atoms with Crippen LogP contribution >= 0.6 is 0 Å². The molecule has 0 spiro atoms. The summed E-state index contributed by atoms with van der Waals surface area (Å²) in [5.41, 5.74) is 2.49. The summed E-state index contributed by atoms with van der Waals surface area (Å²) in [6.07, 6.45) is 0.869. The Morgan fingerprint density at radius 1 is 1.07 bits per heavy atom. The van der Waals surface area contributed by atoms with E-state index in [4.69, 9.17) is 0 Å². The molecule has 2 amide bonds. The van der Waals surface area contributed by atoms with Crippen LogP contribution in [0.3, 0.4) is 0 Å². The second kappa shape index (κ2) is 8.77. The molecule has 2 N–H and O–H groups in total. The highest BCUT2D eigenvalue weighted by Crippen LogP contribution is 2.14. The lowest BCUT2D eigenvalue weighted by molar-refractivity contribution is -0.895. The molecule has 0 saturated carbocycles. The minimum atomic E-state index is -0.350. The van der Waals surface area contributed by atoms with Gasteiger partial charge in [0.1, 0.15) is 5.82 Å². The van der Waals surface area contributed by atoms with E-state index in [9.17, 15) is 14.0 Å². The first kappa shape index (κ1) is 19.0. The van der Waals surface area contributed by atoms with Crippen molar-refractivity contribution < 1.29 is 18.9 Å². The van der Waals surface area contributed by atoms with Gasteiger partial charge < -0.3 is 15.1 Å². The Morgan fingerprint density at radius 2 is 1.74 bits per heavy atom. The molecule has 27 heavy (non-hydrogen) atoms. The second-order valence-electron chi connectivity index (χ2n) is 6.78. The number of quaternary nitrogens is 1. The lowest BCUT2D eigenvalue weighted by atomic mass is 10.1. The first-order valence-electron chi connectivity index (χ1n) is 9.33. The standard InChI is InChI=1S/C21H24FN3O2/c1-2-16-5-3-4-6-19(16)23-20(26)15-24-11-13-25(14-12-24)21(27)17-7-9-18(22)10-8-17/h3-10H,2,11-15H2,1H3,(H,23,26)/p+1. The number of carbonyl (C=O) groups is 2. The highest BCUT2D eigenvalue weighted by atomic mass is 19.1. The molecular formula is C21H25FN3O2+. The van der Waals surface area contributed by atoms with Gasteiger partial charge in [-0.3, -0.25) is 9.59 Å². The number of carbonyl (C=O) groups excluding carboxylic acids is 2. The molecule has 2 aromatic carbocycles. The predicted molar refractivity (Wildman–Crippen MR) is 102 cm³/mol. The zero-order valence-electron chi connectivity index (χ0n) is 15.5. The Kier molecular flexibility index (Phi) is 6.19. The van der Waals surface area contributed by atoms with Crippen LogP contribution in [-0.2, 0) is 11.2 Å². The van der Waals surface area contributed by atoms with E-state index in [0.717, 1.165) is 35.7 Å². The van der Waals surface area contributed by atoms with E-state index >= 15 is 0 Å². The number of para-hydroxylation sites is 1. The van der Waals surface area contributed by atoms with E-state index in [1.54, 1.807) is 4.90 Å². The highest BCUT2D eigenvalue weighted by Gasteiger charge is 2.26. The Balaban J connectivity index is 1.49. The number of halogens is 1. The molecule has 1 aliphatic rings. The Morgan fingerprint density at radius 3 is 2.41 bits per heavy atom. The average molecular weight is 370 g/mol. The molecule has 2 aromatic rings. The first-order valence-corrected chi connectivity index (χ1v) is 9.33. The third kappa shape index (κ3) is 4.92. The molecule has 142 valence electrons. The molecule has 1 fully saturated rings. The number of piperazine rings is 1. The van der Waals surface area contributed by atoms with E-state index in [-0.39, 0.29) is 17.6 Å². The number of rotatable bonds is 5. The van der Waals surface area contributed by atoms with Crippen molar-refractivity contribution in [1.29, 1.82) is 0 Å². The van der Waals surface area contributed by atoms with Gasteiger partial charge in [-0.05, 0) is 42.3 Å². The smallest absolute Gasteiger partial charge is 0.279 e. The van der Waals surface area contributed by atoms with Gasteiger partial charge in [0, 0.05) is 11.3 Å². The van der Waals surface area contributed by atoms with Crippen molar-refractivity contribution in [3.8, 4) is 0 Å². The topological polar surface area (TPSA) is 53.9 Å². The van der Waals surface area contributed by atoms with Crippen LogP contribution in [0.4, 0.5) is 10.1 Å². The summed E-state index contributed by atoms with van der Waals surface area (Å²) in [5, 5.41) is 3.00. The molecule has 0 aromatic heterocycles. The third-order valence-electron chi connectivity index (χ3n) is 4.93. The van der Waals surface area contributed by atoms with E-state index in [1.807, 2.05) is 24.3 Å². The molecule has 0 radical (unpaired) electrons. The number of benzene rings is 2. The van der Waals surface area contributed by atoms with E-state index in [2.05, 4.69) is 12.2 Å². The van der Waals surface area contributed by atoms with Gasteiger partial charge in [0.2, 0.25) is 0 Å². The van der Waals surface area contributed by atoms with Gasteiger partial charge in [-0.1, -0.05) is 25.1 Å². The molecule has 3 rings (SSSR count). The summed E-state index contributed by atoms with van der Waals surface area (Å²) in [6.45, 7) is 5.06. The van der Waals surface area contributed by atoms with Crippen LogP contribution in [0.25, 0.3) is 0 Å². The molecule has 6 heteroatoms. The minimum absolute atomic E-state index is 0.00999. The van der Waals surface area contributed by atoms with Gasteiger partial charge in [-0.25, -0.2) is 4.39 Å². The van der Waals surface area contributed by atoms with Crippen LogP contribution in [0, 0.1) is 5.82 Å². The van der Waals surface area contributed by atoms with Crippen LogP contribution < -0.4 is 10.2 Å². The van der Waals surface area contributed by atoms with E-state index in [1.165, 1.54) is 24.3 Å². The van der Waals surface area contributed by atoms with Gasteiger partial charge >= 0.3 is 0 Å². The number of amides is 2. The molecule has 1 heterocycles.